The van der Waals surface area contributed by atoms with E-state index in [4.69, 9.17) is 5.10 Å². The Bertz CT molecular complexity index is 587. The SMILES string of the molecule is CC1CC1c1cc2n(n1)CC(c1ccccc1)CN2. The molecule has 3 nitrogen and oxygen atoms in total. The quantitative estimate of drug-likeness (QED) is 0.890. The van der Waals surface area contributed by atoms with Gasteiger partial charge in [-0.1, -0.05) is 37.3 Å². The molecule has 0 spiro atoms. The monoisotopic (exact) mass is 253 g/mol. The van der Waals surface area contributed by atoms with Gasteiger partial charge in [0.2, 0.25) is 0 Å². The van der Waals surface area contributed by atoms with Crippen LogP contribution in [0.15, 0.2) is 36.4 Å². The van der Waals surface area contributed by atoms with Crippen molar-refractivity contribution in [3.8, 4) is 0 Å². The molecule has 3 unspecified atom stereocenters. The summed E-state index contributed by atoms with van der Waals surface area (Å²) in [4.78, 5) is 0. The highest BCUT2D eigenvalue weighted by Crippen LogP contribution is 2.47. The van der Waals surface area contributed by atoms with Crippen LogP contribution in [0, 0.1) is 5.92 Å². The molecule has 1 aliphatic heterocycles. The lowest BCUT2D eigenvalue weighted by molar-refractivity contribution is 0.501. The van der Waals surface area contributed by atoms with E-state index in [1.165, 1.54) is 23.5 Å². The minimum absolute atomic E-state index is 0.526. The van der Waals surface area contributed by atoms with E-state index in [1.807, 2.05) is 0 Å². The molecule has 3 heteroatoms. The van der Waals surface area contributed by atoms with E-state index in [2.05, 4.69) is 53.3 Å². The number of benzene rings is 1. The van der Waals surface area contributed by atoms with E-state index >= 15 is 0 Å². The fraction of sp³-hybridized carbons (Fsp3) is 0.438. The van der Waals surface area contributed by atoms with Crippen LogP contribution in [-0.2, 0) is 6.54 Å². The molecule has 3 atom stereocenters. The van der Waals surface area contributed by atoms with Crippen molar-refractivity contribution >= 4 is 5.82 Å². The molecule has 1 fully saturated rings. The van der Waals surface area contributed by atoms with Crippen molar-refractivity contribution in [2.75, 3.05) is 11.9 Å². The normalized spacial score (nSPS) is 28.6. The van der Waals surface area contributed by atoms with Gasteiger partial charge in [0.25, 0.3) is 0 Å². The number of rotatable bonds is 2. The van der Waals surface area contributed by atoms with Crippen molar-refractivity contribution in [1.29, 1.82) is 0 Å². The summed E-state index contributed by atoms with van der Waals surface area (Å²) < 4.78 is 2.15. The largest absolute Gasteiger partial charge is 0.370 e. The standard InChI is InChI=1S/C16H19N3/c1-11-7-14(11)15-8-16-17-9-13(10-19(16)18-15)12-5-3-2-4-6-12/h2-6,8,11,13-14,17H,7,9-10H2,1H3. The fourth-order valence-electron chi connectivity index (χ4n) is 3.08. The molecule has 0 amide bonds. The van der Waals surface area contributed by atoms with Gasteiger partial charge in [-0.3, -0.25) is 0 Å². The maximum Gasteiger partial charge on any atom is 0.124 e. The van der Waals surface area contributed by atoms with Crippen LogP contribution in [0.4, 0.5) is 5.82 Å². The number of nitrogens with zero attached hydrogens (tertiary/aromatic N) is 2. The van der Waals surface area contributed by atoms with Crippen LogP contribution in [0.25, 0.3) is 0 Å². The molecule has 2 heterocycles. The van der Waals surface area contributed by atoms with Crippen molar-refractivity contribution in [3.63, 3.8) is 0 Å². The van der Waals surface area contributed by atoms with Gasteiger partial charge < -0.3 is 5.32 Å². The van der Waals surface area contributed by atoms with Gasteiger partial charge in [-0.2, -0.15) is 5.10 Å². The second kappa shape index (κ2) is 4.12. The minimum Gasteiger partial charge on any atom is -0.370 e. The van der Waals surface area contributed by atoms with E-state index in [1.54, 1.807) is 0 Å². The summed E-state index contributed by atoms with van der Waals surface area (Å²) in [5.41, 5.74) is 2.68. The molecule has 1 saturated carbocycles. The zero-order valence-electron chi connectivity index (χ0n) is 11.2. The molecule has 0 bridgehead atoms. The first kappa shape index (κ1) is 11.1. The zero-order chi connectivity index (χ0) is 12.8. The van der Waals surface area contributed by atoms with Gasteiger partial charge in [-0.05, 0) is 17.9 Å². The number of fused-ring (bicyclic) bond motifs is 1. The van der Waals surface area contributed by atoms with Gasteiger partial charge in [0.1, 0.15) is 5.82 Å². The Morgan fingerprint density at radius 1 is 1.26 bits per heavy atom. The third-order valence-corrected chi connectivity index (χ3v) is 4.48. The number of hydrogen-bond acceptors (Lipinski definition) is 2. The summed E-state index contributed by atoms with van der Waals surface area (Å²) in [6, 6.07) is 13.0. The second-order valence-corrected chi connectivity index (χ2v) is 5.94. The van der Waals surface area contributed by atoms with Gasteiger partial charge >= 0.3 is 0 Å². The maximum absolute atomic E-state index is 4.79. The Hall–Kier alpha value is -1.77. The number of nitrogens with one attached hydrogen (secondary N) is 1. The molecule has 98 valence electrons. The average Bonchev–Trinajstić information content (AvgIpc) is 3.03. The Morgan fingerprint density at radius 3 is 2.79 bits per heavy atom. The van der Waals surface area contributed by atoms with Crippen molar-refractivity contribution in [3.05, 3.63) is 47.7 Å². The summed E-state index contributed by atoms with van der Waals surface area (Å²) >= 11 is 0. The van der Waals surface area contributed by atoms with Crippen LogP contribution in [0.2, 0.25) is 0 Å². The van der Waals surface area contributed by atoms with E-state index in [9.17, 15) is 0 Å². The molecule has 1 aromatic heterocycles. The lowest BCUT2D eigenvalue weighted by Crippen LogP contribution is -2.26. The minimum atomic E-state index is 0.526. The molecule has 4 rings (SSSR count). The Kier molecular flexibility index (Phi) is 2.40. The summed E-state index contributed by atoms with van der Waals surface area (Å²) in [5.74, 6) is 3.25. The lowest BCUT2D eigenvalue weighted by Gasteiger charge is -2.25. The van der Waals surface area contributed by atoms with Crippen molar-refractivity contribution in [2.24, 2.45) is 5.92 Å². The van der Waals surface area contributed by atoms with E-state index in [0.717, 1.165) is 19.0 Å². The van der Waals surface area contributed by atoms with Crippen LogP contribution in [0.3, 0.4) is 0 Å². The summed E-state index contributed by atoms with van der Waals surface area (Å²) in [7, 11) is 0. The smallest absolute Gasteiger partial charge is 0.124 e. The predicted octanol–water partition coefficient (Wildman–Crippen LogP) is 3.22. The van der Waals surface area contributed by atoms with Crippen molar-refractivity contribution in [1.82, 2.24) is 9.78 Å². The van der Waals surface area contributed by atoms with Gasteiger partial charge in [0.05, 0.1) is 12.2 Å². The van der Waals surface area contributed by atoms with Gasteiger partial charge in [-0.15, -0.1) is 0 Å². The topological polar surface area (TPSA) is 29.9 Å². The summed E-state index contributed by atoms with van der Waals surface area (Å²) in [6.45, 7) is 4.31. The summed E-state index contributed by atoms with van der Waals surface area (Å²) in [6.07, 6.45) is 1.30. The van der Waals surface area contributed by atoms with Gasteiger partial charge in [0, 0.05) is 24.4 Å². The van der Waals surface area contributed by atoms with E-state index in [0.29, 0.717) is 11.8 Å². The van der Waals surface area contributed by atoms with E-state index < -0.39 is 0 Å². The van der Waals surface area contributed by atoms with Crippen LogP contribution >= 0.6 is 0 Å². The van der Waals surface area contributed by atoms with Crippen LogP contribution in [-0.4, -0.2) is 16.3 Å². The molecule has 1 N–H and O–H groups in total. The first-order valence-corrected chi connectivity index (χ1v) is 7.18. The Morgan fingerprint density at radius 2 is 2.05 bits per heavy atom. The molecular weight excluding hydrogens is 234 g/mol. The highest BCUT2D eigenvalue weighted by molar-refractivity contribution is 5.42. The first-order valence-electron chi connectivity index (χ1n) is 7.18. The lowest BCUT2D eigenvalue weighted by atomic mass is 9.98. The average molecular weight is 253 g/mol. The van der Waals surface area contributed by atoms with Crippen LogP contribution in [0.5, 0.6) is 0 Å². The van der Waals surface area contributed by atoms with Crippen molar-refractivity contribution in [2.45, 2.75) is 31.7 Å². The number of anilines is 1. The van der Waals surface area contributed by atoms with Gasteiger partial charge in [0.15, 0.2) is 0 Å². The molecule has 0 radical (unpaired) electrons. The Balaban J connectivity index is 1.58. The zero-order valence-corrected chi connectivity index (χ0v) is 11.2. The summed E-state index contributed by atoms with van der Waals surface area (Å²) in [5, 5.41) is 8.32. The third-order valence-electron chi connectivity index (χ3n) is 4.48. The fourth-order valence-corrected chi connectivity index (χ4v) is 3.08. The molecule has 2 aromatic rings. The molecule has 1 aliphatic carbocycles. The number of hydrogen-bond donors (Lipinski definition) is 1. The molecule has 1 aromatic carbocycles. The molecular formula is C16H19N3. The van der Waals surface area contributed by atoms with Gasteiger partial charge in [-0.25, -0.2) is 4.68 Å². The van der Waals surface area contributed by atoms with E-state index in [-0.39, 0.29) is 0 Å². The molecule has 0 saturated heterocycles. The van der Waals surface area contributed by atoms with Crippen LogP contribution in [0.1, 0.15) is 36.4 Å². The Labute approximate surface area is 113 Å². The first-order chi connectivity index (χ1) is 9.31. The molecule has 2 aliphatic rings. The highest BCUT2D eigenvalue weighted by Gasteiger charge is 2.37. The maximum atomic E-state index is 4.79. The highest BCUT2D eigenvalue weighted by atomic mass is 15.3. The molecule has 19 heavy (non-hydrogen) atoms. The second-order valence-electron chi connectivity index (χ2n) is 5.94. The van der Waals surface area contributed by atoms with Crippen molar-refractivity contribution < 1.29 is 0 Å². The number of aromatic nitrogens is 2. The third kappa shape index (κ3) is 1.93. The predicted molar refractivity (Wildman–Crippen MR) is 76.4 cm³/mol. The van der Waals surface area contributed by atoms with Crippen LogP contribution < -0.4 is 5.32 Å².